The number of anilines is 2. The lowest BCUT2D eigenvalue weighted by atomic mass is 10.2. The number of nitrogens with zero attached hydrogens (tertiary/aromatic N) is 3. The molecule has 1 aliphatic rings. The van der Waals surface area contributed by atoms with Crippen molar-refractivity contribution in [2.45, 2.75) is 6.42 Å². The summed E-state index contributed by atoms with van der Waals surface area (Å²) in [6, 6.07) is 4.00. The topological polar surface area (TPSA) is 70.8 Å². The number of nitrogens with one attached hydrogen (secondary N) is 1. The van der Waals surface area contributed by atoms with E-state index < -0.39 is 0 Å². The first-order chi connectivity index (χ1) is 8.36. The molecule has 2 aromatic heterocycles. The van der Waals surface area contributed by atoms with Crippen molar-refractivity contribution in [1.29, 1.82) is 5.26 Å². The van der Waals surface area contributed by atoms with Crippen molar-refractivity contribution in [3.05, 3.63) is 28.9 Å². The minimum absolute atomic E-state index is 0.570. The van der Waals surface area contributed by atoms with Crippen molar-refractivity contribution in [3.8, 4) is 11.8 Å². The zero-order valence-electron chi connectivity index (χ0n) is 8.80. The van der Waals surface area contributed by atoms with Gasteiger partial charge in [-0.25, -0.2) is 9.97 Å². The van der Waals surface area contributed by atoms with Crippen molar-refractivity contribution in [2.75, 3.05) is 11.9 Å². The van der Waals surface area contributed by atoms with Gasteiger partial charge in [0.1, 0.15) is 10.9 Å². The molecule has 3 heterocycles. The fourth-order valence-corrected chi connectivity index (χ4v) is 2.30. The molecular formula is C11H8N4OS. The highest BCUT2D eigenvalue weighted by Gasteiger charge is 2.17. The van der Waals surface area contributed by atoms with Gasteiger partial charge in [-0.3, -0.25) is 0 Å². The Hall–Kier alpha value is -2.13. The first-order valence-corrected chi connectivity index (χ1v) is 5.92. The quantitative estimate of drug-likeness (QED) is 0.875. The van der Waals surface area contributed by atoms with Gasteiger partial charge in [-0.05, 0) is 6.07 Å². The van der Waals surface area contributed by atoms with Crippen LogP contribution in [-0.2, 0) is 6.42 Å². The number of rotatable bonds is 2. The predicted octanol–water partition coefficient (Wildman–Crippen LogP) is 2.09. The molecule has 0 fully saturated rings. The van der Waals surface area contributed by atoms with Crippen molar-refractivity contribution in [3.63, 3.8) is 0 Å². The highest BCUT2D eigenvalue weighted by molar-refractivity contribution is 7.16. The largest absolute Gasteiger partial charge is 0.489 e. The Labute approximate surface area is 102 Å². The van der Waals surface area contributed by atoms with E-state index in [0.29, 0.717) is 22.4 Å². The highest BCUT2D eigenvalue weighted by Crippen LogP contribution is 2.34. The van der Waals surface area contributed by atoms with Crippen molar-refractivity contribution < 1.29 is 4.74 Å². The summed E-state index contributed by atoms with van der Waals surface area (Å²) in [5.41, 5.74) is 1.15. The number of aromatic nitrogens is 2. The molecular weight excluding hydrogens is 236 g/mol. The molecule has 0 unspecified atom stereocenters. The van der Waals surface area contributed by atoms with Gasteiger partial charge in [0.2, 0.25) is 0 Å². The minimum atomic E-state index is 0.570. The number of fused-ring (bicyclic) bond motifs is 1. The summed E-state index contributed by atoms with van der Waals surface area (Å²) < 4.78 is 5.52. The van der Waals surface area contributed by atoms with Crippen LogP contribution >= 0.6 is 11.3 Å². The van der Waals surface area contributed by atoms with Crippen LogP contribution in [-0.4, -0.2) is 16.6 Å². The number of thiazole rings is 1. The van der Waals surface area contributed by atoms with Crippen LogP contribution in [0.4, 0.5) is 10.9 Å². The van der Waals surface area contributed by atoms with Crippen molar-refractivity contribution >= 4 is 22.3 Å². The number of hydrogen-bond acceptors (Lipinski definition) is 6. The SMILES string of the molecule is N#Cc1cnc(Nc2nccc3c2OCC3)s1. The minimum Gasteiger partial charge on any atom is -0.489 e. The number of nitriles is 1. The Morgan fingerprint density at radius 2 is 2.41 bits per heavy atom. The third-order valence-electron chi connectivity index (χ3n) is 2.45. The van der Waals surface area contributed by atoms with Gasteiger partial charge in [-0.15, -0.1) is 0 Å². The molecule has 0 radical (unpaired) electrons. The summed E-state index contributed by atoms with van der Waals surface area (Å²) in [5, 5.41) is 12.5. The molecule has 0 bridgehead atoms. The third-order valence-corrected chi connectivity index (χ3v) is 3.26. The van der Waals surface area contributed by atoms with E-state index in [-0.39, 0.29) is 0 Å². The van der Waals surface area contributed by atoms with Gasteiger partial charge >= 0.3 is 0 Å². The molecule has 5 nitrogen and oxygen atoms in total. The fraction of sp³-hybridized carbons (Fsp3) is 0.182. The molecule has 1 aliphatic heterocycles. The smallest absolute Gasteiger partial charge is 0.189 e. The van der Waals surface area contributed by atoms with Crippen LogP contribution in [0.2, 0.25) is 0 Å². The summed E-state index contributed by atoms with van der Waals surface area (Å²) >= 11 is 1.29. The summed E-state index contributed by atoms with van der Waals surface area (Å²) in [5.74, 6) is 1.46. The van der Waals surface area contributed by atoms with E-state index in [1.165, 1.54) is 17.5 Å². The number of ether oxygens (including phenoxy) is 1. The van der Waals surface area contributed by atoms with E-state index in [4.69, 9.17) is 10.00 Å². The molecule has 17 heavy (non-hydrogen) atoms. The Bertz CT molecular complexity index is 602. The zero-order chi connectivity index (χ0) is 11.7. The second-order valence-electron chi connectivity index (χ2n) is 3.51. The number of pyridine rings is 1. The second-order valence-corrected chi connectivity index (χ2v) is 4.54. The lowest BCUT2D eigenvalue weighted by molar-refractivity contribution is 0.357. The maximum absolute atomic E-state index is 8.72. The number of hydrogen-bond donors (Lipinski definition) is 1. The lowest BCUT2D eigenvalue weighted by Crippen LogP contribution is -1.96. The first kappa shape index (κ1) is 10.1. The monoisotopic (exact) mass is 244 g/mol. The van der Waals surface area contributed by atoms with E-state index in [2.05, 4.69) is 15.3 Å². The zero-order valence-corrected chi connectivity index (χ0v) is 9.62. The predicted molar refractivity (Wildman–Crippen MR) is 63.5 cm³/mol. The summed E-state index contributed by atoms with van der Waals surface area (Å²) in [6.07, 6.45) is 4.19. The molecule has 3 rings (SSSR count). The standard InChI is InChI=1S/C11H8N4OS/c12-5-8-6-14-11(17-8)15-10-9-7(1-3-13-10)2-4-16-9/h1,3,6H,2,4H2,(H,13,14,15). The molecule has 1 N–H and O–H groups in total. The summed E-state index contributed by atoms with van der Waals surface area (Å²) in [6.45, 7) is 0.691. The normalized spacial score (nSPS) is 12.6. The maximum Gasteiger partial charge on any atom is 0.189 e. The average molecular weight is 244 g/mol. The van der Waals surface area contributed by atoms with E-state index in [9.17, 15) is 0 Å². The fourth-order valence-electron chi connectivity index (χ4n) is 1.68. The van der Waals surface area contributed by atoms with Gasteiger partial charge in [0.15, 0.2) is 16.7 Å². The van der Waals surface area contributed by atoms with E-state index in [1.54, 1.807) is 6.20 Å². The summed E-state index contributed by atoms with van der Waals surface area (Å²) in [4.78, 5) is 8.90. The van der Waals surface area contributed by atoms with Gasteiger partial charge in [-0.1, -0.05) is 11.3 Å². The molecule has 0 amide bonds. The summed E-state index contributed by atoms with van der Waals surface area (Å²) in [7, 11) is 0. The van der Waals surface area contributed by atoms with Crippen LogP contribution in [0.5, 0.6) is 5.75 Å². The molecule has 6 heteroatoms. The maximum atomic E-state index is 8.72. The second kappa shape index (κ2) is 4.03. The van der Waals surface area contributed by atoms with Gasteiger partial charge < -0.3 is 10.1 Å². The Morgan fingerprint density at radius 3 is 3.24 bits per heavy atom. The van der Waals surface area contributed by atoms with E-state index >= 15 is 0 Å². The molecule has 0 aromatic carbocycles. The first-order valence-electron chi connectivity index (χ1n) is 5.10. The molecule has 84 valence electrons. The van der Waals surface area contributed by atoms with Gasteiger partial charge in [0.05, 0.1) is 12.8 Å². The van der Waals surface area contributed by atoms with Gasteiger partial charge in [0.25, 0.3) is 0 Å². The van der Waals surface area contributed by atoms with Crippen LogP contribution in [0.25, 0.3) is 0 Å². The molecule has 0 spiro atoms. The molecule has 0 saturated heterocycles. The van der Waals surface area contributed by atoms with Gasteiger partial charge in [-0.2, -0.15) is 5.26 Å². The molecule has 0 atom stereocenters. The van der Waals surface area contributed by atoms with Crippen LogP contribution in [0.1, 0.15) is 10.4 Å². The molecule has 0 saturated carbocycles. The van der Waals surface area contributed by atoms with Crippen molar-refractivity contribution in [2.24, 2.45) is 0 Å². The van der Waals surface area contributed by atoms with Gasteiger partial charge in [0, 0.05) is 18.2 Å². The van der Waals surface area contributed by atoms with E-state index in [1.807, 2.05) is 12.1 Å². The Morgan fingerprint density at radius 1 is 1.47 bits per heavy atom. The highest BCUT2D eigenvalue weighted by atomic mass is 32.1. The van der Waals surface area contributed by atoms with Crippen LogP contribution < -0.4 is 10.1 Å². The lowest BCUT2D eigenvalue weighted by Gasteiger charge is -2.06. The van der Waals surface area contributed by atoms with Crippen LogP contribution in [0.3, 0.4) is 0 Å². The van der Waals surface area contributed by atoms with Crippen LogP contribution in [0.15, 0.2) is 18.5 Å². The van der Waals surface area contributed by atoms with Crippen LogP contribution in [0, 0.1) is 11.3 Å². The Balaban J connectivity index is 1.91. The third kappa shape index (κ3) is 1.81. The van der Waals surface area contributed by atoms with E-state index in [0.717, 1.165) is 17.7 Å². The Kier molecular flexibility index (Phi) is 2.38. The van der Waals surface area contributed by atoms with Crippen molar-refractivity contribution in [1.82, 2.24) is 9.97 Å². The molecule has 0 aliphatic carbocycles. The molecule has 2 aromatic rings. The average Bonchev–Trinajstić information content (AvgIpc) is 2.97.